The zero-order valence-electron chi connectivity index (χ0n) is 12.2. The van der Waals surface area contributed by atoms with Gasteiger partial charge in [0.25, 0.3) is 0 Å². The third kappa shape index (κ3) is 4.13. The fourth-order valence-electron chi connectivity index (χ4n) is 1.79. The molecule has 8 heteroatoms. The molecule has 0 unspecified atom stereocenters. The Labute approximate surface area is 127 Å². The van der Waals surface area contributed by atoms with E-state index in [2.05, 4.69) is 0 Å². The minimum Gasteiger partial charge on any atom is -0.399 e. The van der Waals surface area contributed by atoms with E-state index >= 15 is 0 Å². The van der Waals surface area contributed by atoms with Crippen LogP contribution in [0.15, 0.2) is 24.3 Å². The number of rotatable bonds is 5. The van der Waals surface area contributed by atoms with Gasteiger partial charge in [0.05, 0.1) is 5.69 Å². The highest BCUT2D eigenvalue weighted by atomic mass is 16.2. The van der Waals surface area contributed by atoms with E-state index in [0.717, 1.165) is 6.92 Å². The van der Waals surface area contributed by atoms with Crippen LogP contribution in [-0.2, 0) is 19.2 Å². The first-order valence-corrected chi connectivity index (χ1v) is 6.59. The molecule has 1 rings (SSSR count). The normalized spacial score (nSPS) is 9.91. The summed E-state index contributed by atoms with van der Waals surface area (Å²) >= 11 is 0. The van der Waals surface area contributed by atoms with E-state index in [9.17, 15) is 19.2 Å². The largest absolute Gasteiger partial charge is 0.399 e. The van der Waals surface area contributed by atoms with Crippen LogP contribution < -0.4 is 16.4 Å². The van der Waals surface area contributed by atoms with Crippen molar-refractivity contribution in [2.45, 2.75) is 13.3 Å². The molecule has 0 saturated heterocycles. The molecular formula is C14H18N4O4. The van der Waals surface area contributed by atoms with Crippen molar-refractivity contribution in [2.24, 2.45) is 5.73 Å². The van der Waals surface area contributed by atoms with Gasteiger partial charge in [-0.2, -0.15) is 0 Å². The number of amides is 4. The second kappa shape index (κ2) is 7.89. The molecule has 0 aliphatic carbocycles. The molecule has 4 amide bonds. The summed E-state index contributed by atoms with van der Waals surface area (Å²) in [6.45, 7) is 1.41. The average Bonchev–Trinajstić information content (AvgIpc) is 2.47. The van der Waals surface area contributed by atoms with Gasteiger partial charge in [-0.3, -0.25) is 24.1 Å². The summed E-state index contributed by atoms with van der Waals surface area (Å²) in [5.41, 5.74) is 11.4. The first-order chi connectivity index (χ1) is 10.4. The van der Waals surface area contributed by atoms with E-state index < -0.39 is 17.7 Å². The van der Waals surface area contributed by atoms with Gasteiger partial charge in [-0.15, -0.1) is 0 Å². The van der Waals surface area contributed by atoms with Crippen LogP contribution in [0.2, 0.25) is 0 Å². The molecule has 0 aromatic heterocycles. The van der Waals surface area contributed by atoms with Crippen molar-refractivity contribution >= 4 is 35.5 Å². The molecule has 0 radical (unpaired) electrons. The third-order valence-corrected chi connectivity index (χ3v) is 2.82. The summed E-state index contributed by atoms with van der Waals surface area (Å²) in [6, 6.07) is 5.98. The molecular weight excluding hydrogens is 288 g/mol. The van der Waals surface area contributed by atoms with E-state index in [-0.39, 0.29) is 25.2 Å². The van der Waals surface area contributed by atoms with Crippen LogP contribution in [0.25, 0.3) is 0 Å². The molecule has 1 aromatic rings. The number of imide groups is 2. The highest BCUT2D eigenvalue weighted by Gasteiger charge is 2.30. The van der Waals surface area contributed by atoms with Crippen molar-refractivity contribution in [3.05, 3.63) is 24.3 Å². The van der Waals surface area contributed by atoms with Crippen LogP contribution in [0.5, 0.6) is 0 Å². The molecule has 0 aliphatic heterocycles. The Hall–Kier alpha value is -2.74. The Morgan fingerprint density at radius 1 is 1.23 bits per heavy atom. The highest BCUT2D eigenvalue weighted by Crippen LogP contribution is 2.18. The van der Waals surface area contributed by atoms with Crippen molar-refractivity contribution < 1.29 is 19.2 Å². The number of nitrogen functional groups attached to an aromatic ring is 1. The van der Waals surface area contributed by atoms with Crippen LogP contribution in [-0.4, -0.2) is 42.1 Å². The lowest BCUT2D eigenvalue weighted by atomic mass is 10.2. The topological polar surface area (TPSA) is 127 Å². The number of nitrogens with zero attached hydrogens (tertiary/aromatic N) is 2. The Bertz CT molecular complexity index is 588. The molecule has 8 nitrogen and oxygen atoms in total. The number of anilines is 2. The van der Waals surface area contributed by atoms with Crippen LogP contribution in [0.1, 0.15) is 13.3 Å². The summed E-state index contributed by atoms with van der Waals surface area (Å²) in [4.78, 5) is 48.3. The summed E-state index contributed by atoms with van der Waals surface area (Å²) in [6.07, 6.45) is 0.601. The third-order valence-electron chi connectivity index (χ3n) is 2.82. The molecule has 0 saturated carbocycles. The van der Waals surface area contributed by atoms with E-state index in [4.69, 9.17) is 11.5 Å². The quantitative estimate of drug-likeness (QED) is 0.428. The molecule has 0 fully saturated rings. The standard InChI is InChI=1S/C14H18N4O4/c1-10(20)18(12-5-2-4-11(16)8-12)14(22)13(21)17(9-19)7-3-6-15/h2,4-5,8-9H,3,6-7,15-16H2,1H3. The zero-order chi connectivity index (χ0) is 16.7. The van der Waals surface area contributed by atoms with Crippen LogP contribution in [0.4, 0.5) is 11.4 Å². The molecule has 22 heavy (non-hydrogen) atoms. The first-order valence-electron chi connectivity index (χ1n) is 6.59. The second-order valence-electron chi connectivity index (χ2n) is 4.50. The smallest absolute Gasteiger partial charge is 0.323 e. The van der Waals surface area contributed by atoms with Crippen molar-refractivity contribution in [1.29, 1.82) is 0 Å². The Balaban J connectivity index is 3.05. The number of carbonyl (C=O) groups excluding carboxylic acids is 4. The number of hydrogen-bond acceptors (Lipinski definition) is 6. The molecule has 1 aromatic carbocycles. The number of nitrogens with two attached hydrogens (primary N) is 2. The van der Waals surface area contributed by atoms with Crippen LogP contribution >= 0.6 is 0 Å². The van der Waals surface area contributed by atoms with E-state index in [1.807, 2.05) is 0 Å². The minimum atomic E-state index is -1.12. The summed E-state index contributed by atoms with van der Waals surface area (Å²) in [5, 5.41) is 0. The average molecular weight is 306 g/mol. The summed E-state index contributed by atoms with van der Waals surface area (Å²) < 4.78 is 0. The second-order valence-corrected chi connectivity index (χ2v) is 4.50. The Morgan fingerprint density at radius 2 is 1.91 bits per heavy atom. The molecule has 0 bridgehead atoms. The molecule has 0 aliphatic rings. The van der Waals surface area contributed by atoms with Gasteiger partial charge in [-0.1, -0.05) is 6.07 Å². The highest BCUT2D eigenvalue weighted by molar-refractivity contribution is 6.46. The first kappa shape index (κ1) is 17.3. The summed E-state index contributed by atoms with van der Waals surface area (Å²) in [7, 11) is 0. The SMILES string of the molecule is CC(=O)N(C(=O)C(=O)N(C=O)CCCN)c1cccc(N)c1. The van der Waals surface area contributed by atoms with Gasteiger partial charge < -0.3 is 11.5 Å². The number of carbonyl (C=O) groups is 4. The maximum Gasteiger partial charge on any atom is 0.323 e. The van der Waals surface area contributed by atoms with Crippen molar-refractivity contribution in [1.82, 2.24) is 4.90 Å². The molecule has 4 N–H and O–H groups in total. The van der Waals surface area contributed by atoms with Gasteiger partial charge in [-0.05, 0) is 31.2 Å². The van der Waals surface area contributed by atoms with Gasteiger partial charge >= 0.3 is 11.8 Å². The predicted octanol–water partition coefficient (Wildman–Crippen LogP) is -0.518. The number of benzene rings is 1. The van der Waals surface area contributed by atoms with Gasteiger partial charge in [0.15, 0.2) is 0 Å². The van der Waals surface area contributed by atoms with E-state index in [0.29, 0.717) is 21.9 Å². The van der Waals surface area contributed by atoms with Crippen molar-refractivity contribution in [2.75, 3.05) is 23.7 Å². The van der Waals surface area contributed by atoms with Crippen molar-refractivity contribution in [3.63, 3.8) is 0 Å². The van der Waals surface area contributed by atoms with Gasteiger partial charge in [0, 0.05) is 19.2 Å². The molecule has 0 spiro atoms. The maximum atomic E-state index is 12.2. The lowest BCUT2D eigenvalue weighted by molar-refractivity contribution is -0.148. The fourth-order valence-corrected chi connectivity index (χ4v) is 1.79. The van der Waals surface area contributed by atoms with Gasteiger partial charge in [0.1, 0.15) is 0 Å². The van der Waals surface area contributed by atoms with Gasteiger partial charge in [0.2, 0.25) is 12.3 Å². The monoisotopic (exact) mass is 306 g/mol. The fraction of sp³-hybridized carbons (Fsp3) is 0.286. The maximum absolute atomic E-state index is 12.2. The van der Waals surface area contributed by atoms with E-state index in [1.165, 1.54) is 12.1 Å². The lowest BCUT2D eigenvalue weighted by Crippen LogP contribution is -2.47. The van der Waals surface area contributed by atoms with Crippen LogP contribution in [0, 0.1) is 0 Å². The molecule has 0 heterocycles. The van der Waals surface area contributed by atoms with E-state index in [1.54, 1.807) is 12.1 Å². The van der Waals surface area contributed by atoms with Gasteiger partial charge in [-0.25, -0.2) is 4.90 Å². The Kier molecular flexibility index (Phi) is 6.21. The Morgan fingerprint density at radius 3 is 2.41 bits per heavy atom. The number of hydrogen-bond donors (Lipinski definition) is 2. The summed E-state index contributed by atoms with van der Waals surface area (Å²) in [5.74, 6) is -2.88. The van der Waals surface area contributed by atoms with Crippen molar-refractivity contribution in [3.8, 4) is 0 Å². The van der Waals surface area contributed by atoms with Crippen LogP contribution in [0.3, 0.4) is 0 Å². The molecule has 118 valence electrons. The molecule has 0 atom stereocenters. The predicted molar refractivity (Wildman–Crippen MR) is 80.5 cm³/mol. The minimum absolute atomic E-state index is 0.00719. The zero-order valence-corrected chi connectivity index (χ0v) is 12.2. The lowest BCUT2D eigenvalue weighted by Gasteiger charge is -2.21.